The molecule has 0 bridgehead atoms. The Bertz CT molecular complexity index is 914. The highest BCUT2D eigenvalue weighted by molar-refractivity contribution is 7.13. The molecule has 7 nitrogen and oxygen atoms in total. The second-order valence-corrected chi connectivity index (χ2v) is 6.46. The third kappa shape index (κ3) is 4.82. The molecule has 2 aromatic heterocycles. The number of esters is 1. The number of carbonyl (C=O) groups is 1. The molecule has 3 aromatic rings. The summed E-state index contributed by atoms with van der Waals surface area (Å²) in [6.07, 6.45) is 0.0285. The minimum atomic E-state index is -0.594. The van der Waals surface area contributed by atoms with Gasteiger partial charge in [0.05, 0.1) is 17.8 Å². The van der Waals surface area contributed by atoms with Crippen LogP contribution in [-0.2, 0) is 16.1 Å². The van der Waals surface area contributed by atoms with Crippen molar-refractivity contribution in [1.82, 2.24) is 9.78 Å². The lowest BCUT2D eigenvalue weighted by Crippen LogP contribution is -2.20. The lowest BCUT2D eigenvalue weighted by molar-refractivity contribution is -0.144. The van der Waals surface area contributed by atoms with Gasteiger partial charge in [0.2, 0.25) is 0 Å². The molecule has 0 unspecified atom stereocenters. The third-order valence-electron chi connectivity index (χ3n) is 3.47. The van der Waals surface area contributed by atoms with Gasteiger partial charge in [-0.25, -0.2) is 4.79 Å². The Morgan fingerprint density at radius 2 is 2.15 bits per heavy atom. The summed E-state index contributed by atoms with van der Waals surface area (Å²) in [5, 5.41) is 5.95. The van der Waals surface area contributed by atoms with Crippen LogP contribution in [0.2, 0.25) is 0 Å². The van der Waals surface area contributed by atoms with Crippen molar-refractivity contribution in [3.8, 4) is 16.5 Å². The van der Waals surface area contributed by atoms with Crippen LogP contribution >= 0.6 is 11.3 Å². The first-order valence-corrected chi connectivity index (χ1v) is 8.97. The maximum absolute atomic E-state index is 11.8. The van der Waals surface area contributed by atoms with Crippen LogP contribution in [0.4, 0.5) is 0 Å². The molecule has 0 radical (unpaired) electrons. The van der Waals surface area contributed by atoms with Gasteiger partial charge in [-0.2, -0.15) is 4.68 Å². The molecule has 0 atom stereocenters. The number of aryl methyl sites for hydroxylation is 2. The molecule has 2 heterocycles. The molecule has 3 rings (SSSR count). The van der Waals surface area contributed by atoms with Crippen molar-refractivity contribution in [3.63, 3.8) is 0 Å². The summed E-state index contributed by atoms with van der Waals surface area (Å²) in [6.45, 7) is 2.48. The van der Waals surface area contributed by atoms with Gasteiger partial charge < -0.3 is 13.9 Å². The van der Waals surface area contributed by atoms with Crippen molar-refractivity contribution in [1.29, 1.82) is 0 Å². The Morgan fingerprint density at radius 3 is 2.92 bits per heavy atom. The highest BCUT2D eigenvalue weighted by Crippen LogP contribution is 2.21. The summed E-state index contributed by atoms with van der Waals surface area (Å²) in [4.78, 5) is 24.3. The summed E-state index contributed by atoms with van der Waals surface area (Å²) in [6, 6.07) is 11.3. The molecule has 1 aromatic carbocycles. The maximum Gasteiger partial charge on any atom is 0.437 e. The maximum atomic E-state index is 11.8. The number of rotatable bonds is 8. The molecule has 8 heteroatoms. The normalized spacial score (nSPS) is 10.7. The van der Waals surface area contributed by atoms with Gasteiger partial charge in [0, 0.05) is 0 Å². The average Bonchev–Trinajstić information content (AvgIpc) is 3.27. The lowest BCUT2D eigenvalue weighted by Gasteiger charge is -2.07. The van der Waals surface area contributed by atoms with E-state index in [1.807, 2.05) is 48.7 Å². The minimum absolute atomic E-state index is 0.0285. The van der Waals surface area contributed by atoms with Crippen LogP contribution in [0.1, 0.15) is 12.0 Å². The average molecular weight is 374 g/mol. The summed E-state index contributed by atoms with van der Waals surface area (Å²) < 4.78 is 16.8. The molecule has 26 heavy (non-hydrogen) atoms. The molecule has 136 valence electrons. The molecule has 0 aliphatic heterocycles. The number of ether oxygens (including phenoxy) is 2. The van der Waals surface area contributed by atoms with E-state index < -0.39 is 11.7 Å². The quantitative estimate of drug-likeness (QED) is 0.445. The standard InChI is InChI=1S/C18H18N2O5S/c1-13-4-2-5-14(12-13)23-9-10-24-16(21)7-8-20-18(22)25-17(19-20)15-6-3-11-26-15/h2-6,11-12H,7-10H2,1H3. The number of carbonyl (C=O) groups excluding carboxylic acids is 1. The largest absolute Gasteiger partial charge is 0.490 e. The minimum Gasteiger partial charge on any atom is -0.490 e. The fourth-order valence-corrected chi connectivity index (χ4v) is 2.88. The highest BCUT2D eigenvalue weighted by atomic mass is 32.1. The summed E-state index contributed by atoms with van der Waals surface area (Å²) in [5.41, 5.74) is 1.10. The number of nitrogens with zero attached hydrogens (tertiary/aromatic N) is 2. The summed E-state index contributed by atoms with van der Waals surface area (Å²) >= 11 is 1.42. The first-order chi connectivity index (χ1) is 12.6. The molecule has 0 fully saturated rings. The fourth-order valence-electron chi connectivity index (χ4n) is 2.24. The first-order valence-electron chi connectivity index (χ1n) is 8.09. The van der Waals surface area contributed by atoms with Gasteiger partial charge in [0.1, 0.15) is 19.0 Å². The molecular formula is C18H18N2O5S. The van der Waals surface area contributed by atoms with E-state index in [0.717, 1.165) is 20.9 Å². The van der Waals surface area contributed by atoms with Crippen molar-refractivity contribution in [2.75, 3.05) is 13.2 Å². The zero-order chi connectivity index (χ0) is 18.4. The SMILES string of the molecule is Cc1cccc(OCCOC(=O)CCn2nc(-c3cccs3)oc2=O)c1. The topological polar surface area (TPSA) is 83.6 Å². The molecule has 0 amide bonds. The number of aromatic nitrogens is 2. The first kappa shape index (κ1) is 17.9. The van der Waals surface area contributed by atoms with E-state index in [-0.39, 0.29) is 32.1 Å². The van der Waals surface area contributed by atoms with Crippen molar-refractivity contribution < 1.29 is 18.7 Å². The monoisotopic (exact) mass is 374 g/mol. The Labute approximate surface area is 153 Å². The van der Waals surface area contributed by atoms with E-state index >= 15 is 0 Å². The van der Waals surface area contributed by atoms with Gasteiger partial charge in [-0.1, -0.05) is 18.2 Å². The van der Waals surface area contributed by atoms with Gasteiger partial charge in [-0.05, 0) is 36.1 Å². The second-order valence-electron chi connectivity index (χ2n) is 5.51. The van der Waals surface area contributed by atoms with Crippen LogP contribution in [-0.4, -0.2) is 29.0 Å². The molecule has 0 aliphatic rings. The van der Waals surface area contributed by atoms with Gasteiger partial charge >= 0.3 is 11.7 Å². The van der Waals surface area contributed by atoms with Crippen molar-refractivity contribution in [3.05, 3.63) is 57.9 Å². The summed E-state index contributed by atoms with van der Waals surface area (Å²) in [5.74, 6) is -0.0318. The number of hydrogen-bond donors (Lipinski definition) is 0. The van der Waals surface area contributed by atoms with E-state index in [9.17, 15) is 9.59 Å². The Hall–Kier alpha value is -2.87. The predicted molar refractivity (Wildman–Crippen MR) is 96.3 cm³/mol. The van der Waals surface area contributed by atoms with Gasteiger partial charge in [0.15, 0.2) is 0 Å². The van der Waals surface area contributed by atoms with Crippen molar-refractivity contribution in [2.45, 2.75) is 19.9 Å². The lowest BCUT2D eigenvalue weighted by atomic mass is 10.2. The van der Waals surface area contributed by atoms with Crippen LogP contribution in [0.15, 0.2) is 51.0 Å². The Kier molecular flexibility index (Phi) is 5.85. The van der Waals surface area contributed by atoms with Crippen LogP contribution < -0.4 is 10.5 Å². The number of thiophene rings is 1. The molecule has 0 saturated carbocycles. The van der Waals surface area contributed by atoms with Crippen LogP contribution in [0.25, 0.3) is 10.8 Å². The highest BCUT2D eigenvalue weighted by Gasteiger charge is 2.12. The van der Waals surface area contributed by atoms with Crippen LogP contribution in [0.3, 0.4) is 0 Å². The van der Waals surface area contributed by atoms with Gasteiger partial charge in [0.25, 0.3) is 5.89 Å². The molecule has 0 aliphatic carbocycles. The zero-order valence-corrected chi connectivity index (χ0v) is 15.0. The van der Waals surface area contributed by atoms with E-state index in [0.29, 0.717) is 0 Å². The molecular weight excluding hydrogens is 356 g/mol. The molecule has 0 N–H and O–H groups in total. The van der Waals surface area contributed by atoms with Gasteiger partial charge in [-0.15, -0.1) is 16.4 Å². The van der Waals surface area contributed by atoms with E-state index in [1.165, 1.54) is 11.3 Å². The number of hydrogen-bond acceptors (Lipinski definition) is 7. The number of benzene rings is 1. The van der Waals surface area contributed by atoms with E-state index in [2.05, 4.69) is 5.10 Å². The summed E-state index contributed by atoms with van der Waals surface area (Å²) in [7, 11) is 0. The molecule has 0 spiro atoms. The molecule has 0 saturated heterocycles. The van der Waals surface area contributed by atoms with Gasteiger partial charge in [-0.3, -0.25) is 4.79 Å². The van der Waals surface area contributed by atoms with E-state index in [4.69, 9.17) is 13.9 Å². The zero-order valence-electron chi connectivity index (χ0n) is 14.2. The van der Waals surface area contributed by atoms with Crippen molar-refractivity contribution >= 4 is 17.3 Å². The second kappa shape index (κ2) is 8.48. The Morgan fingerprint density at radius 1 is 1.27 bits per heavy atom. The van der Waals surface area contributed by atoms with Crippen molar-refractivity contribution in [2.24, 2.45) is 0 Å². The Balaban J connectivity index is 1.41. The van der Waals surface area contributed by atoms with Crippen LogP contribution in [0.5, 0.6) is 5.75 Å². The predicted octanol–water partition coefficient (Wildman–Crippen LogP) is 2.89. The van der Waals surface area contributed by atoms with Crippen LogP contribution in [0, 0.1) is 6.92 Å². The third-order valence-corrected chi connectivity index (χ3v) is 4.33. The fraction of sp³-hybridized carbons (Fsp3) is 0.278. The smallest absolute Gasteiger partial charge is 0.437 e. The van der Waals surface area contributed by atoms with E-state index in [1.54, 1.807) is 0 Å².